The van der Waals surface area contributed by atoms with Gasteiger partial charge >= 0.3 is 0 Å². The van der Waals surface area contributed by atoms with E-state index in [0.717, 1.165) is 30.9 Å². The van der Waals surface area contributed by atoms with Gasteiger partial charge in [-0.1, -0.05) is 0 Å². The summed E-state index contributed by atoms with van der Waals surface area (Å²) in [5.74, 6) is 0.301. The summed E-state index contributed by atoms with van der Waals surface area (Å²) in [6, 6.07) is 9.02. The largest absolute Gasteiger partial charge is 0.460 e. The van der Waals surface area contributed by atoms with Crippen LogP contribution in [0.2, 0.25) is 0 Å². The minimum Gasteiger partial charge on any atom is -0.460 e. The number of rotatable bonds is 2. The molecular weight excluding hydrogens is 371 g/mol. The first-order valence-corrected chi connectivity index (χ1v) is 9.73. The molecule has 2 aromatic heterocycles. The monoisotopic (exact) mass is 394 g/mol. The summed E-state index contributed by atoms with van der Waals surface area (Å²) in [6.45, 7) is 7.12. The molecule has 29 heavy (non-hydrogen) atoms. The van der Waals surface area contributed by atoms with Gasteiger partial charge in [0.15, 0.2) is 0 Å². The number of nitrogens with zero attached hydrogens (tertiary/aromatic N) is 3. The van der Waals surface area contributed by atoms with Gasteiger partial charge in [0.25, 0.3) is 0 Å². The molecule has 0 radical (unpaired) electrons. The molecule has 0 aliphatic carbocycles. The Labute approximate surface area is 168 Å². The minimum atomic E-state index is -1.13. The molecule has 7 heteroatoms. The van der Waals surface area contributed by atoms with Crippen LogP contribution in [0.4, 0.5) is 10.1 Å². The molecule has 2 N–H and O–H groups in total. The number of fused-ring (bicyclic) bond motifs is 2. The Hall–Kier alpha value is -2.90. The smallest absolute Gasteiger partial charge is 0.226 e. The number of hydrogen-bond acceptors (Lipinski definition) is 5. The highest BCUT2D eigenvalue weighted by Gasteiger charge is 2.28. The number of halogens is 1. The Kier molecular flexibility index (Phi) is 4.11. The van der Waals surface area contributed by atoms with Gasteiger partial charge in [0, 0.05) is 60.5 Å². The lowest BCUT2D eigenvalue weighted by atomic mass is 10.0. The average molecular weight is 394 g/mol. The molecule has 150 valence electrons. The van der Waals surface area contributed by atoms with Crippen LogP contribution in [0.5, 0.6) is 5.75 Å². The standard InChI is InChI=1S/C22H23FN4O2/c1-22(2)13-26(8-7-24-22)16-5-3-14-9-17(21(28)29-19(14)10-16)18-12-27-11-15(23)4-6-20(27)25-18/h3-6,9-12,21,24,28H,7-8,13H2,1-2H3. The highest BCUT2D eigenvalue weighted by atomic mass is 19.1. The number of pyridine rings is 1. The van der Waals surface area contributed by atoms with E-state index in [1.54, 1.807) is 16.7 Å². The molecule has 0 spiro atoms. The number of benzene rings is 1. The Bertz CT molecular complexity index is 1120. The number of piperazine rings is 1. The van der Waals surface area contributed by atoms with Gasteiger partial charge in [-0.3, -0.25) is 0 Å². The highest BCUT2D eigenvalue weighted by Crippen LogP contribution is 2.36. The van der Waals surface area contributed by atoms with Gasteiger partial charge in [0.2, 0.25) is 6.29 Å². The lowest BCUT2D eigenvalue weighted by Crippen LogP contribution is -2.57. The number of aromatic nitrogens is 2. The summed E-state index contributed by atoms with van der Waals surface area (Å²) < 4.78 is 20.9. The van der Waals surface area contributed by atoms with Crippen molar-refractivity contribution in [3.63, 3.8) is 0 Å². The van der Waals surface area contributed by atoms with Crippen LogP contribution in [-0.4, -0.2) is 46.0 Å². The van der Waals surface area contributed by atoms with Crippen LogP contribution in [0.25, 0.3) is 17.3 Å². The zero-order valence-electron chi connectivity index (χ0n) is 16.4. The van der Waals surface area contributed by atoms with E-state index in [0.29, 0.717) is 22.7 Å². The zero-order valence-corrected chi connectivity index (χ0v) is 16.4. The van der Waals surface area contributed by atoms with Crippen molar-refractivity contribution in [3.8, 4) is 5.75 Å². The molecule has 6 nitrogen and oxygen atoms in total. The Balaban J connectivity index is 1.48. The fourth-order valence-electron chi connectivity index (χ4n) is 4.03. The molecule has 0 amide bonds. The Morgan fingerprint density at radius 3 is 2.93 bits per heavy atom. The normalized spacial score (nSPS) is 20.9. The molecule has 3 aromatic rings. The molecule has 2 aliphatic rings. The van der Waals surface area contributed by atoms with Crippen molar-refractivity contribution in [2.24, 2.45) is 0 Å². The maximum Gasteiger partial charge on any atom is 0.226 e. The predicted octanol–water partition coefficient (Wildman–Crippen LogP) is 2.91. The van der Waals surface area contributed by atoms with Gasteiger partial charge < -0.3 is 24.5 Å². The van der Waals surface area contributed by atoms with E-state index in [1.165, 1.54) is 12.3 Å². The van der Waals surface area contributed by atoms with Gasteiger partial charge in [-0.2, -0.15) is 0 Å². The minimum absolute atomic E-state index is 0.0458. The first-order valence-electron chi connectivity index (χ1n) is 9.73. The predicted molar refractivity (Wildman–Crippen MR) is 110 cm³/mol. The van der Waals surface area contributed by atoms with E-state index in [4.69, 9.17) is 4.74 Å². The van der Waals surface area contributed by atoms with E-state index in [-0.39, 0.29) is 11.4 Å². The molecule has 1 aromatic carbocycles. The van der Waals surface area contributed by atoms with Crippen molar-refractivity contribution in [2.45, 2.75) is 25.7 Å². The lowest BCUT2D eigenvalue weighted by Gasteiger charge is -2.40. The first-order chi connectivity index (χ1) is 13.9. The molecule has 5 rings (SSSR count). The highest BCUT2D eigenvalue weighted by molar-refractivity contribution is 5.86. The summed E-state index contributed by atoms with van der Waals surface area (Å²) in [6.07, 6.45) is 3.80. The van der Waals surface area contributed by atoms with Gasteiger partial charge in [-0.15, -0.1) is 0 Å². The molecule has 0 saturated carbocycles. The summed E-state index contributed by atoms with van der Waals surface area (Å²) in [7, 11) is 0. The van der Waals surface area contributed by atoms with Crippen LogP contribution in [0.15, 0.2) is 42.7 Å². The molecule has 4 heterocycles. The number of aliphatic hydroxyl groups is 1. The van der Waals surface area contributed by atoms with Crippen LogP contribution in [0.1, 0.15) is 25.1 Å². The first kappa shape index (κ1) is 18.1. The molecular formula is C22H23FN4O2. The third kappa shape index (κ3) is 3.36. The maximum absolute atomic E-state index is 13.5. The number of anilines is 1. The van der Waals surface area contributed by atoms with E-state index in [1.807, 2.05) is 18.2 Å². The number of aliphatic hydroxyl groups excluding tert-OH is 1. The van der Waals surface area contributed by atoms with Crippen molar-refractivity contribution in [2.75, 3.05) is 24.5 Å². The lowest BCUT2D eigenvalue weighted by molar-refractivity contribution is 0.0318. The van der Waals surface area contributed by atoms with Crippen LogP contribution >= 0.6 is 0 Å². The molecule has 2 aliphatic heterocycles. The molecule has 1 saturated heterocycles. The number of imidazole rings is 1. The summed E-state index contributed by atoms with van der Waals surface area (Å²) in [5, 5.41) is 14.1. The summed E-state index contributed by atoms with van der Waals surface area (Å²) >= 11 is 0. The molecule has 1 fully saturated rings. The third-order valence-corrected chi connectivity index (χ3v) is 5.46. The number of nitrogens with one attached hydrogen (secondary N) is 1. The number of ether oxygens (including phenoxy) is 1. The van der Waals surface area contributed by atoms with Crippen molar-refractivity contribution in [1.29, 1.82) is 0 Å². The zero-order chi connectivity index (χ0) is 20.2. The quantitative estimate of drug-likeness (QED) is 0.700. The third-order valence-electron chi connectivity index (χ3n) is 5.46. The fourth-order valence-corrected chi connectivity index (χ4v) is 4.03. The maximum atomic E-state index is 13.5. The van der Waals surface area contributed by atoms with Crippen molar-refractivity contribution >= 4 is 23.0 Å². The van der Waals surface area contributed by atoms with Crippen LogP contribution in [-0.2, 0) is 0 Å². The van der Waals surface area contributed by atoms with E-state index in [2.05, 4.69) is 35.1 Å². The average Bonchev–Trinajstić information content (AvgIpc) is 3.09. The van der Waals surface area contributed by atoms with Gasteiger partial charge in [0.1, 0.15) is 17.2 Å². The van der Waals surface area contributed by atoms with Gasteiger partial charge in [-0.05, 0) is 44.2 Å². The second-order valence-corrected chi connectivity index (χ2v) is 8.26. The second kappa shape index (κ2) is 6.57. The fraction of sp³-hybridized carbons (Fsp3) is 0.318. The van der Waals surface area contributed by atoms with E-state index >= 15 is 0 Å². The van der Waals surface area contributed by atoms with Crippen LogP contribution in [0.3, 0.4) is 0 Å². The Morgan fingerprint density at radius 2 is 2.10 bits per heavy atom. The molecule has 0 bridgehead atoms. The van der Waals surface area contributed by atoms with Crippen molar-refractivity contribution in [1.82, 2.24) is 14.7 Å². The SMILES string of the molecule is CC1(C)CN(c2ccc3c(c2)OC(O)C(c2cn4cc(F)ccc4n2)=C3)CCN1. The second-order valence-electron chi connectivity index (χ2n) is 8.26. The molecule has 1 atom stereocenters. The van der Waals surface area contributed by atoms with Crippen LogP contribution in [0, 0.1) is 5.82 Å². The molecule has 1 unspecified atom stereocenters. The number of hydrogen-bond donors (Lipinski definition) is 2. The Morgan fingerprint density at radius 1 is 1.24 bits per heavy atom. The van der Waals surface area contributed by atoms with Gasteiger partial charge in [0.05, 0.1) is 5.69 Å². The van der Waals surface area contributed by atoms with E-state index in [9.17, 15) is 9.50 Å². The summed E-state index contributed by atoms with van der Waals surface area (Å²) in [4.78, 5) is 6.80. The summed E-state index contributed by atoms with van der Waals surface area (Å²) in [5.41, 5.74) is 3.72. The van der Waals surface area contributed by atoms with Crippen molar-refractivity contribution in [3.05, 3.63) is 59.8 Å². The van der Waals surface area contributed by atoms with Crippen LogP contribution < -0.4 is 15.0 Å². The van der Waals surface area contributed by atoms with Gasteiger partial charge in [-0.25, -0.2) is 9.37 Å². The topological polar surface area (TPSA) is 62.0 Å². The van der Waals surface area contributed by atoms with Crippen molar-refractivity contribution < 1.29 is 14.2 Å². The van der Waals surface area contributed by atoms with E-state index < -0.39 is 6.29 Å².